The number of hydrogen-bond donors (Lipinski definition) is 0. The number of benzene rings is 1. The molecule has 19 heavy (non-hydrogen) atoms. The van der Waals surface area contributed by atoms with E-state index in [0.29, 0.717) is 5.82 Å². The number of carbonyl (C=O) groups is 1. The first-order valence-corrected chi connectivity index (χ1v) is 6.73. The van der Waals surface area contributed by atoms with Crippen LogP contribution < -0.4 is 0 Å². The topological polar surface area (TPSA) is 34.9 Å². The Morgan fingerprint density at radius 2 is 1.84 bits per heavy atom. The highest BCUT2D eigenvalue weighted by Crippen LogP contribution is 2.34. The van der Waals surface area contributed by atoms with Crippen molar-refractivity contribution in [3.05, 3.63) is 54.1 Å². The van der Waals surface area contributed by atoms with Gasteiger partial charge in [0.2, 0.25) is 5.78 Å². The lowest BCUT2D eigenvalue weighted by Gasteiger charge is -2.30. The summed E-state index contributed by atoms with van der Waals surface area (Å²) in [6.07, 6.45) is 5.04. The van der Waals surface area contributed by atoms with Crippen molar-refractivity contribution in [2.45, 2.75) is 32.1 Å². The SMILES string of the molecule is CCC(CC)(C(=O)c1nccn1C)c1ccccc1. The fourth-order valence-electron chi connectivity index (χ4n) is 2.67. The molecular formula is C16H20N2O. The van der Waals surface area contributed by atoms with Gasteiger partial charge < -0.3 is 4.57 Å². The number of Topliss-reactive ketones (excluding diaryl/α,β-unsaturated/α-hetero) is 1. The number of rotatable bonds is 5. The minimum atomic E-state index is -0.472. The van der Waals surface area contributed by atoms with Crippen molar-refractivity contribution in [3.8, 4) is 0 Å². The molecule has 0 amide bonds. The van der Waals surface area contributed by atoms with E-state index in [1.165, 1.54) is 0 Å². The molecule has 0 N–H and O–H groups in total. The Balaban J connectivity index is 2.52. The summed E-state index contributed by atoms with van der Waals surface area (Å²) in [6.45, 7) is 4.13. The predicted molar refractivity (Wildman–Crippen MR) is 76.2 cm³/mol. The van der Waals surface area contributed by atoms with Gasteiger partial charge in [-0.25, -0.2) is 4.98 Å². The second kappa shape index (κ2) is 5.39. The lowest BCUT2D eigenvalue weighted by Crippen LogP contribution is -2.36. The van der Waals surface area contributed by atoms with Crippen molar-refractivity contribution >= 4 is 5.78 Å². The van der Waals surface area contributed by atoms with Crippen LogP contribution in [0.15, 0.2) is 42.7 Å². The van der Waals surface area contributed by atoms with Crippen LogP contribution in [0.2, 0.25) is 0 Å². The summed E-state index contributed by atoms with van der Waals surface area (Å²) >= 11 is 0. The third-order valence-electron chi connectivity index (χ3n) is 3.99. The molecule has 0 spiro atoms. The summed E-state index contributed by atoms with van der Waals surface area (Å²) < 4.78 is 1.80. The molecule has 0 aliphatic rings. The van der Waals surface area contributed by atoms with Crippen LogP contribution in [-0.4, -0.2) is 15.3 Å². The maximum Gasteiger partial charge on any atom is 0.208 e. The van der Waals surface area contributed by atoms with Crippen LogP contribution >= 0.6 is 0 Å². The molecule has 0 unspecified atom stereocenters. The van der Waals surface area contributed by atoms with Crippen molar-refractivity contribution in [1.82, 2.24) is 9.55 Å². The van der Waals surface area contributed by atoms with E-state index in [4.69, 9.17) is 0 Å². The molecule has 2 aromatic rings. The maximum absolute atomic E-state index is 12.9. The molecule has 0 fully saturated rings. The Kier molecular flexibility index (Phi) is 3.84. The van der Waals surface area contributed by atoms with E-state index in [1.807, 2.05) is 43.6 Å². The molecule has 2 rings (SSSR count). The van der Waals surface area contributed by atoms with E-state index in [0.717, 1.165) is 18.4 Å². The maximum atomic E-state index is 12.9. The van der Waals surface area contributed by atoms with Crippen LogP contribution in [0.25, 0.3) is 0 Å². The molecule has 0 saturated carbocycles. The van der Waals surface area contributed by atoms with Crippen LogP contribution in [-0.2, 0) is 12.5 Å². The zero-order valence-corrected chi connectivity index (χ0v) is 11.8. The van der Waals surface area contributed by atoms with Crippen molar-refractivity contribution in [2.75, 3.05) is 0 Å². The first-order chi connectivity index (χ1) is 9.15. The van der Waals surface area contributed by atoms with Crippen LogP contribution in [0, 0.1) is 0 Å². The first kappa shape index (κ1) is 13.5. The van der Waals surface area contributed by atoms with E-state index in [-0.39, 0.29) is 5.78 Å². The van der Waals surface area contributed by atoms with Crippen molar-refractivity contribution in [2.24, 2.45) is 7.05 Å². The number of imidazole rings is 1. The molecule has 1 heterocycles. The number of nitrogens with zero attached hydrogens (tertiary/aromatic N) is 2. The van der Waals surface area contributed by atoms with Gasteiger partial charge in [-0.3, -0.25) is 4.79 Å². The Morgan fingerprint density at radius 1 is 1.21 bits per heavy atom. The lowest BCUT2D eigenvalue weighted by molar-refractivity contribution is 0.0858. The summed E-state index contributed by atoms with van der Waals surface area (Å²) in [6, 6.07) is 10.0. The van der Waals surface area contributed by atoms with Gasteiger partial charge in [0.1, 0.15) is 0 Å². The standard InChI is InChI=1S/C16H20N2O/c1-4-16(5-2,13-9-7-6-8-10-13)14(19)15-17-11-12-18(15)3/h6-12H,4-5H2,1-3H3. The molecule has 0 aliphatic carbocycles. The van der Waals surface area contributed by atoms with Crippen LogP contribution in [0.5, 0.6) is 0 Å². The molecule has 0 saturated heterocycles. The monoisotopic (exact) mass is 256 g/mol. The number of aryl methyl sites for hydroxylation is 1. The Hall–Kier alpha value is -1.90. The van der Waals surface area contributed by atoms with Gasteiger partial charge in [0.15, 0.2) is 5.82 Å². The Labute approximate surface area is 114 Å². The molecule has 0 aliphatic heterocycles. The first-order valence-electron chi connectivity index (χ1n) is 6.73. The number of carbonyl (C=O) groups excluding carboxylic acids is 1. The smallest absolute Gasteiger partial charge is 0.208 e. The quantitative estimate of drug-likeness (QED) is 0.769. The number of aromatic nitrogens is 2. The minimum absolute atomic E-state index is 0.108. The summed E-state index contributed by atoms with van der Waals surface area (Å²) in [5.41, 5.74) is 0.605. The molecular weight excluding hydrogens is 236 g/mol. The zero-order valence-electron chi connectivity index (χ0n) is 11.8. The van der Waals surface area contributed by atoms with E-state index in [1.54, 1.807) is 10.8 Å². The number of hydrogen-bond acceptors (Lipinski definition) is 2. The molecule has 1 aromatic carbocycles. The van der Waals surface area contributed by atoms with Gasteiger partial charge in [-0.2, -0.15) is 0 Å². The van der Waals surface area contributed by atoms with Gasteiger partial charge in [0, 0.05) is 19.4 Å². The summed E-state index contributed by atoms with van der Waals surface area (Å²) in [4.78, 5) is 17.1. The number of ketones is 1. The lowest BCUT2D eigenvalue weighted by atomic mass is 9.72. The largest absolute Gasteiger partial charge is 0.332 e. The highest BCUT2D eigenvalue weighted by atomic mass is 16.1. The highest BCUT2D eigenvalue weighted by Gasteiger charge is 2.38. The molecule has 0 atom stereocenters. The van der Waals surface area contributed by atoms with Gasteiger partial charge >= 0.3 is 0 Å². The zero-order chi connectivity index (χ0) is 13.9. The molecule has 100 valence electrons. The summed E-state index contributed by atoms with van der Waals surface area (Å²) in [7, 11) is 1.86. The third kappa shape index (κ3) is 2.21. The van der Waals surface area contributed by atoms with Gasteiger partial charge in [0.25, 0.3) is 0 Å². The van der Waals surface area contributed by atoms with Gasteiger partial charge in [-0.15, -0.1) is 0 Å². The Morgan fingerprint density at radius 3 is 2.32 bits per heavy atom. The van der Waals surface area contributed by atoms with E-state index in [9.17, 15) is 4.79 Å². The van der Waals surface area contributed by atoms with E-state index < -0.39 is 5.41 Å². The van der Waals surface area contributed by atoms with Gasteiger partial charge in [0.05, 0.1) is 5.41 Å². The minimum Gasteiger partial charge on any atom is -0.332 e. The molecule has 3 nitrogen and oxygen atoms in total. The fraction of sp³-hybridized carbons (Fsp3) is 0.375. The average Bonchev–Trinajstić information content (AvgIpc) is 2.88. The second-order valence-electron chi connectivity index (χ2n) is 4.85. The molecule has 0 bridgehead atoms. The molecule has 1 aromatic heterocycles. The third-order valence-corrected chi connectivity index (χ3v) is 3.99. The second-order valence-corrected chi connectivity index (χ2v) is 4.85. The molecule has 3 heteroatoms. The average molecular weight is 256 g/mol. The summed E-state index contributed by atoms with van der Waals surface area (Å²) in [5.74, 6) is 0.642. The van der Waals surface area contributed by atoms with Crippen LogP contribution in [0.1, 0.15) is 42.9 Å². The highest BCUT2D eigenvalue weighted by molar-refractivity contribution is 6.01. The fourth-order valence-corrected chi connectivity index (χ4v) is 2.67. The van der Waals surface area contributed by atoms with Crippen LogP contribution in [0.4, 0.5) is 0 Å². The summed E-state index contributed by atoms with van der Waals surface area (Å²) in [5, 5.41) is 0. The van der Waals surface area contributed by atoms with Gasteiger partial charge in [-0.05, 0) is 18.4 Å². The molecule has 0 radical (unpaired) electrons. The van der Waals surface area contributed by atoms with Crippen LogP contribution in [0.3, 0.4) is 0 Å². The van der Waals surface area contributed by atoms with E-state index >= 15 is 0 Å². The Bertz CT molecular complexity index is 553. The van der Waals surface area contributed by atoms with E-state index in [2.05, 4.69) is 18.8 Å². The van der Waals surface area contributed by atoms with Crippen molar-refractivity contribution in [1.29, 1.82) is 0 Å². The van der Waals surface area contributed by atoms with Crippen molar-refractivity contribution < 1.29 is 4.79 Å². The predicted octanol–water partition coefficient (Wildman–Crippen LogP) is 3.36. The van der Waals surface area contributed by atoms with Gasteiger partial charge in [-0.1, -0.05) is 44.2 Å². The normalized spacial score (nSPS) is 11.5. The van der Waals surface area contributed by atoms with Crippen molar-refractivity contribution in [3.63, 3.8) is 0 Å².